The number of alkyl halides is 1. The number of nitrogens with one attached hydrogen (secondary N) is 2. The van der Waals surface area contributed by atoms with Gasteiger partial charge in [-0.15, -0.1) is 11.6 Å². The molecule has 3 rings (SSSR count). The van der Waals surface area contributed by atoms with E-state index in [9.17, 15) is 14.7 Å². The summed E-state index contributed by atoms with van der Waals surface area (Å²) < 4.78 is 5.12. The van der Waals surface area contributed by atoms with E-state index < -0.39 is 16.5 Å². The molecule has 2 unspecified atom stereocenters. The summed E-state index contributed by atoms with van der Waals surface area (Å²) in [6.07, 6.45) is 5.80. The molecule has 0 radical (unpaired) electrons. The maximum Gasteiger partial charge on any atom is 0.317 e. The molecule has 2 aromatic rings. The molecule has 1 aromatic carbocycles. The number of aromatic nitrogens is 1. The highest BCUT2D eigenvalue weighted by Crippen LogP contribution is 2.47. The van der Waals surface area contributed by atoms with Crippen molar-refractivity contribution in [1.82, 2.24) is 10.5 Å². The Morgan fingerprint density at radius 1 is 1.31 bits per heavy atom. The molecule has 10 heteroatoms. The first kappa shape index (κ1) is 20.7. The van der Waals surface area contributed by atoms with E-state index in [1.807, 2.05) is 0 Å². The molecule has 8 nitrogen and oxygen atoms in total. The summed E-state index contributed by atoms with van der Waals surface area (Å²) >= 11 is 12.1. The molecular formula is C19H17ClN4O4S. The molecule has 0 aliphatic heterocycles. The van der Waals surface area contributed by atoms with E-state index in [1.165, 1.54) is 31.3 Å². The monoisotopic (exact) mass is 432 g/mol. The van der Waals surface area contributed by atoms with Crippen LogP contribution in [0.4, 0.5) is 10.5 Å². The van der Waals surface area contributed by atoms with Crippen molar-refractivity contribution in [2.24, 2.45) is 5.73 Å². The summed E-state index contributed by atoms with van der Waals surface area (Å²) in [6.45, 7) is 1.39. The summed E-state index contributed by atoms with van der Waals surface area (Å²) in [5, 5.41) is 20.0. The fourth-order valence-corrected chi connectivity index (χ4v) is 3.66. The molecular weight excluding hydrogens is 416 g/mol. The van der Waals surface area contributed by atoms with Crippen molar-refractivity contribution in [1.29, 1.82) is 0 Å². The van der Waals surface area contributed by atoms with Crippen LogP contribution in [0.1, 0.15) is 18.2 Å². The first-order chi connectivity index (χ1) is 13.7. The summed E-state index contributed by atoms with van der Waals surface area (Å²) in [5.74, 6) is -0.234. The molecule has 150 valence electrons. The summed E-state index contributed by atoms with van der Waals surface area (Å²) in [4.78, 5) is 20.9. The van der Waals surface area contributed by atoms with E-state index in [4.69, 9.17) is 34.1 Å². The van der Waals surface area contributed by atoms with Crippen molar-refractivity contribution in [3.8, 4) is 0 Å². The van der Waals surface area contributed by atoms with Gasteiger partial charge in [-0.25, -0.2) is 4.79 Å². The van der Waals surface area contributed by atoms with Gasteiger partial charge in [0.05, 0.1) is 6.20 Å². The number of thiocarbonyl (C=S) groups is 1. The second-order valence-electron chi connectivity index (χ2n) is 6.33. The van der Waals surface area contributed by atoms with Crippen molar-refractivity contribution >= 4 is 52.0 Å². The summed E-state index contributed by atoms with van der Waals surface area (Å²) in [6, 6.07) is 7.53. The van der Waals surface area contributed by atoms with Crippen LogP contribution in [0.3, 0.4) is 0 Å². The third-order valence-corrected chi connectivity index (χ3v) is 5.46. The molecule has 0 bridgehead atoms. The van der Waals surface area contributed by atoms with Gasteiger partial charge in [0.25, 0.3) is 0 Å². The molecule has 2 atom stereocenters. The number of allylic oxidation sites excluding steroid dienone is 2. The molecule has 0 fully saturated rings. The second-order valence-corrected chi connectivity index (χ2v) is 7.34. The van der Waals surface area contributed by atoms with Crippen molar-refractivity contribution in [3.63, 3.8) is 0 Å². The average Bonchev–Trinajstić information content (AvgIpc) is 3.19. The lowest BCUT2D eigenvalue weighted by Crippen LogP contribution is -2.57. The normalized spacial score (nSPS) is 23.2. The Labute approximate surface area is 176 Å². The van der Waals surface area contributed by atoms with E-state index in [0.29, 0.717) is 16.8 Å². The number of hydrogen-bond donors (Lipinski definition) is 4. The van der Waals surface area contributed by atoms with E-state index in [-0.39, 0.29) is 16.7 Å². The highest BCUT2D eigenvalue weighted by molar-refractivity contribution is 7.80. The lowest BCUT2D eigenvalue weighted by molar-refractivity contribution is -0.114. The Kier molecular flexibility index (Phi) is 5.56. The van der Waals surface area contributed by atoms with Gasteiger partial charge in [0.15, 0.2) is 16.2 Å². The molecule has 0 spiro atoms. The number of urea groups is 1. The Bertz CT molecular complexity index is 1040. The van der Waals surface area contributed by atoms with Crippen LogP contribution in [-0.4, -0.2) is 32.1 Å². The Hall–Kier alpha value is -3.01. The minimum atomic E-state index is -1.96. The summed E-state index contributed by atoms with van der Waals surface area (Å²) in [7, 11) is 0. The third kappa shape index (κ3) is 3.80. The van der Waals surface area contributed by atoms with Gasteiger partial charge in [0.1, 0.15) is 4.99 Å². The second kappa shape index (κ2) is 7.78. The SMILES string of the molecule is CC(=O)Nc1ccccc1C1=CC(Cl)(C(=S)NC(N)=O)C(O)(c2ccno2)C=C1. The molecule has 1 aromatic heterocycles. The lowest BCUT2D eigenvalue weighted by Gasteiger charge is -2.40. The van der Waals surface area contributed by atoms with Crippen LogP contribution in [0, 0.1) is 0 Å². The van der Waals surface area contributed by atoms with E-state index in [0.717, 1.165) is 0 Å². The number of benzene rings is 1. The van der Waals surface area contributed by atoms with E-state index in [2.05, 4.69) is 15.8 Å². The molecule has 29 heavy (non-hydrogen) atoms. The van der Waals surface area contributed by atoms with Gasteiger partial charge < -0.3 is 26.0 Å². The van der Waals surface area contributed by atoms with Gasteiger partial charge in [-0.1, -0.05) is 41.6 Å². The molecule has 3 amide bonds. The minimum absolute atomic E-state index is 0.0165. The topological polar surface area (TPSA) is 130 Å². The van der Waals surface area contributed by atoms with Crippen LogP contribution in [0.2, 0.25) is 0 Å². The molecule has 5 N–H and O–H groups in total. The predicted octanol–water partition coefficient (Wildman–Crippen LogP) is 2.45. The fraction of sp³-hybridized carbons (Fsp3) is 0.158. The van der Waals surface area contributed by atoms with Gasteiger partial charge >= 0.3 is 6.03 Å². The Morgan fingerprint density at radius 2 is 2.03 bits per heavy atom. The number of anilines is 1. The highest BCUT2D eigenvalue weighted by atomic mass is 35.5. The smallest absolute Gasteiger partial charge is 0.317 e. The van der Waals surface area contributed by atoms with Crippen LogP contribution < -0.4 is 16.4 Å². The van der Waals surface area contributed by atoms with Crippen LogP contribution in [0.25, 0.3) is 5.57 Å². The van der Waals surface area contributed by atoms with Gasteiger partial charge in [0, 0.05) is 24.2 Å². The van der Waals surface area contributed by atoms with Crippen LogP contribution in [-0.2, 0) is 10.4 Å². The molecule has 1 heterocycles. The molecule has 1 aliphatic carbocycles. The van der Waals surface area contributed by atoms with Crippen molar-refractivity contribution in [2.45, 2.75) is 17.4 Å². The number of hydrogen-bond acceptors (Lipinski definition) is 6. The molecule has 1 aliphatic rings. The maximum absolute atomic E-state index is 11.5. The molecule has 0 saturated heterocycles. The quantitative estimate of drug-likeness (QED) is 0.433. The minimum Gasteiger partial charge on any atom is -0.375 e. The maximum atomic E-state index is 11.5. The number of para-hydroxylation sites is 1. The number of rotatable bonds is 4. The van der Waals surface area contributed by atoms with E-state index >= 15 is 0 Å². The number of aliphatic hydroxyl groups is 1. The van der Waals surface area contributed by atoms with Crippen molar-refractivity contribution < 1.29 is 19.2 Å². The summed E-state index contributed by atoms with van der Waals surface area (Å²) in [5.41, 5.74) is 4.94. The number of carbonyl (C=O) groups excluding carboxylic acids is 2. The van der Waals surface area contributed by atoms with Crippen LogP contribution >= 0.6 is 23.8 Å². The van der Waals surface area contributed by atoms with Gasteiger partial charge in [-0.05, 0) is 23.8 Å². The van der Waals surface area contributed by atoms with Crippen molar-refractivity contribution in [3.05, 3.63) is 66.1 Å². The molecule has 0 saturated carbocycles. The number of primary amides is 1. The van der Waals surface area contributed by atoms with Crippen LogP contribution in [0.15, 0.2) is 59.3 Å². The number of carbonyl (C=O) groups is 2. The first-order valence-electron chi connectivity index (χ1n) is 8.40. The van der Waals surface area contributed by atoms with Gasteiger partial charge in [-0.2, -0.15) is 0 Å². The first-order valence-corrected chi connectivity index (χ1v) is 9.18. The third-order valence-electron chi connectivity index (χ3n) is 4.34. The highest BCUT2D eigenvalue weighted by Gasteiger charge is 2.55. The van der Waals surface area contributed by atoms with E-state index in [1.54, 1.807) is 30.3 Å². The van der Waals surface area contributed by atoms with Crippen LogP contribution in [0.5, 0.6) is 0 Å². The average molecular weight is 433 g/mol. The fourth-order valence-electron chi connectivity index (χ4n) is 3.02. The van der Waals surface area contributed by atoms with Gasteiger partial charge in [0.2, 0.25) is 5.91 Å². The zero-order valence-corrected chi connectivity index (χ0v) is 16.8. The number of amides is 3. The number of nitrogens with zero attached hydrogens (tertiary/aromatic N) is 1. The Balaban J connectivity index is 2.16. The lowest BCUT2D eigenvalue weighted by atomic mass is 9.77. The van der Waals surface area contributed by atoms with Crippen molar-refractivity contribution in [2.75, 3.05) is 5.32 Å². The standard InChI is InChI=1S/C19H17ClN4O4S/c1-11(25)23-14-5-3-2-4-13(14)12-6-8-19(27,15-7-9-22-28-15)18(20,10-12)16(29)24-17(21)26/h2-10,27H,1H3,(H,23,25)(H3,21,24,26,29). The van der Waals surface area contributed by atoms with Gasteiger partial charge in [-0.3, -0.25) is 4.79 Å². The zero-order chi connectivity index (χ0) is 21.2. The Morgan fingerprint density at radius 3 is 2.66 bits per heavy atom. The number of nitrogens with two attached hydrogens (primary N) is 1. The zero-order valence-electron chi connectivity index (χ0n) is 15.2. The predicted molar refractivity (Wildman–Crippen MR) is 112 cm³/mol. The number of halogens is 1. The largest absolute Gasteiger partial charge is 0.375 e.